The third-order valence-electron chi connectivity index (χ3n) is 5.25. The smallest absolute Gasteiger partial charge is 0.343 e. The lowest BCUT2D eigenvalue weighted by atomic mass is 9.84. The number of esters is 1. The fraction of sp³-hybridized carbons (Fsp3) is 0.375. The molecular weight excluding hydrogens is 320 g/mol. The largest absolute Gasteiger partial charge is 0.423 e. The molecule has 136 valence electrons. The summed E-state index contributed by atoms with van der Waals surface area (Å²) >= 11 is 0. The number of hydrogen-bond donors (Lipinski definition) is 0. The third kappa shape index (κ3) is 4.63. The van der Waals surface area contributed by atoms with Crippen molar-refractivity contribution in [1.82, 2.24) is 0 Å². The standard InChI is InChI=1S/C24H28O2/c1-3-5-19-6-10-20(11-7-19)21-12-14-22(15-13-21)24(25)26-23-16-8-18(4-2)9-17-23/h8-10,12-17,19H,3-7,11H2,1-2H3. The molecule has 0 fully saturated rings. The van der Waals surface area contributed by atoms with Gasteiger partial charge in [0, 0.05) is 0 Å². The first-order valence-corrected chi connectivity index (χ1v) is 9.80. The molecule has 0 N–H and O–H groups in total. The van der Waals surface area contributed by atoms with Gasteiger partial charge in [0.1, 0.15) is 5.75 Å². The molecular formula is C24H28O2. The third-order valence-corrected chi connectivity index (χ3v) is 5.25. The molecule has 0 heterocycles. The lowest BCUT2D eigenvalue weighted by molar-refractivity contribution is 0.0734. The number of aryl methyl sites for hydroxylation is 1. The second kappa shape index (κ2) is 8.84. The summed E-state index contributed by atoms with van der Waals surface area (Å²) in [5, 5.41) is 0. The molecule has 0 aliphatic heterocycles. The molecule has 2 heteroatoms. The molecule has 0 bridgehead atoms. The van der Waals surface area contributed by atoms with Crippen molar-refractivity contribution in [2.75, 3.05) is 0 Å². The van der Waals surface area contributed by atoms with E-state index in [1.807, 2.05) is 48.5 Å². The zero-order valence-corrected chi connectivity index (χ0v) is 15.8. The highest BCUT2D eigenvalue weighted by molar-refractivity contribution is 5.91. The molecule has 1 aliphatic rings. The lowest BCUT2D eigenvalue weighted by Gasteiger charge is -2.21. The highest BCUT2D eigenvalue weighted by atomic mass is 16.5. The molecule has 26 heavy (non-hydrogen) atoms. The minimum Gasteiger partial charge on any atom is -0.423 e. The molecule has 0 aromatic heterocycles. The molecule has 1 atom stereocenters. The topological polar surface area (TPSA) is 26.3 Å². The average Bonchev–Trinajstić information content (AvgIpc) is 2.69. The number of allylic oxidation sites excluding steroid dienone is 2. The Morgan fingerprint density at radius 3 is 2.35 bits per heavy atom. The van der Waals surface area contributed by atoms with Crippen molar-refractivity contribution in [1.29, 1.82) is 0 Å². The number of carbonyl (C=O) groups excluding carboxylic acids is 1. The zero-order valence-electron chi connectivity index (χ0n) is 15.8. The maximum Gasteiger partial charge on any atom is 0.343 e. The maximum atomic E-state index is 12.3. The second-order valence-corrected chi connectivity index (χ2v) is 7.12. The minimum absolute atomic E-state index is 0.304. The molecule has 0 saturated carbocycles. The quantitative estimate of drug-likeness (QED) is 0.443. The summed E-state index contributed by atoms with van der Waals surface area (Å²) in [6.45, 7) is 4.36. The molecule has 2 aromatic rings. The van der Waals surface area contributed by atoms with Gasteiger partial charge in [0.15, 0.2) is 0 Å². The van der Waals surface area contributed by atoms with Crippen LogP contribution in [-0.4, -0.2) is 5.97 Å². The fourth-order valence-corrected chi connectivity index (χ4v) is 3.60. The van der Waals surface area contributed by atoms with Crippen LogP contribution in [0.5, 0.6) is 5.75 Å². The first-order valence-electron chi connectivity index (χ1n) is 9.80. The summed E-state index contributed by atoms with van der Waals surface area (Å²) in [7, 11) is 0. The summed E-state index contributed by atoms with van der Waals surface area (Å²) in [6, 6.07) is 15.5. The van der Waals surface area contributed by atoms with Crippen LogP contribution in [0.2, 0.25) is 0 Å². The van der Waals surface area contributed by atoms with Crippen molar-refractivity contribution >= 4 is 11.5 Å². The van der Waals surface area contributed by atoms with Crippen molar-refractivity contribution in [3.63, 3.8) is 0 Å². The van der Waals surface area contributed by atoms with Crippen LogP contribution in [-0.2, 0) is 6.42 Å². The van der Waals surface area contributed by atoms with Crippen LogP contribution in [0.15, 0.2) is 54.6 Å². The molecule has 2 nitrogen and oxygen atoms in total. The van der Waals surface area contributed by atoms with Gasteiger partial charge in [0.05, 0.1) is 5.56 Å². The van der Waals surface area contributed by atoms with E-state index < -0.39 is 0 Å². The van der Waals surface area contributed by atoms with Crippen LogP contribution >= 0.6 is 0 Å². The lowest BCUT2D eigenvalue weighted by Crippen LogP contribution is -2.09. The average molecular weight is 348 g/mol. The van der Waals surface area contributed by atoms with Gasteiger partial charge in [0.25, 0.3) is 0 Å². The number of rotatable bonds is 6. The van der Waals surface area contributed by atoms with E-state index in [0.29, 0.717) is 11.3 Å². The van der Waals surface area contributed by atoms with Gasteiger partial charge in [-0.15, -0.1) is 0 Å². The Bertz CT molecular complexity index is 754. The van der Waals surface area contributed by atoms with Gasteiger partial charge in [-0.25, -0.2) is 4.79 Å². The normalized spacial score (nSPS) is 16.8. The molecule has 0 spiro atoms. The number of carbonyl (C=O) groups is 1. The Kier molecular flexibility index (Phi) is 6.27. The Labute approximate surface area is 156 Å². The molecule has 1 aliphatic carbocycles. The van der Waals surface area contributed by atoms with Gasteiger partial charge in [-0.3, -0.25) is 0 Å². The van der Waals surface area contributed by atoms with E-state index in [1.165, 1.54) is 42.4 Å². The van der Waals surface area contributed by atoms with Crippen LogP contribution in [0.1, 0.15) is 67.4 Å². The van der Waals surface area contributed by atoms with E-state index in [1.54, 1.807) is 0 Å². The number of benzene rings is 2. The van der Waals surface area contributed by atoms with Crippen LogP contribution in [0.25, 0.3) is 5.57 Å². The Hall–Kier alpha value is -2.35. The van der Waals surface area contributed by atoms with Crippen molar-refractivity contribution in [3.8, 4) is 5.75 Å². The monoisotopic (exact) mass is 348 g/mol. The second-order valence-electron chi connectivity index (χ2n) is 7.12. The molecule has 0 radical (unpaired) electrons. The predicted molar refractivity (Wildman–Crippen MR) is 107 cm³/mol. The van der Waals surface area contributed by atoms with Gasteiger partial charge in [-0.1, -0.05) is 57.0 Å². The van der Waals surface area contributed by atoms with E-state index in [4.69, 9.17) is 4.74 Å². The minimum atomic E-state index is -0.304. The molecule has 1 unspecified atom stereocenters. The van der Waals surface area contributed by atoms with Crippen molar-refractivity contribution < 1.29 is 9.53 Å². The van der Waals surface area contributed by atoms with Gasteiger partial charge in [-0.05, 0) is 72.6 Å². The number of ether oxygens (including phenoxy) is 1. The molecule has 0 amide bonds. The predicted octanol–water partition coefficient (Wildman–Crippen LogP) is 6.45. The summed E-state index contributed by atoms with van der Waals surface area (Å²) in [4.78, 5) is 12.3. The Morgan fingerprint density at radius 2 is 1.77 bits per heavy atom. The highest BCUT2D eigenvalue weighted by Gasteiger charge is 2.15. The van der Waals surface area contributed by atoms with Crippen molar-refractivity contribution in [2.45, 2.75) is 52.4 Å². The van der Waals surface area contributed by atoms with E-state index >= 15 is 0 Å². The Morgan fingerprint density at radius 1 is 1.04 bits per heavy atom. The van der Waals surface area contributed by atoms with Crippen LogP contribution in [0, 0.1) is 5.92 Å². The first-order chi connectivity index (χ1) is 12.7. The van der Waals surface area contributed by atoms with Crippen LogP contribution < -0.4 is 4.74 Å². The summed E-state index contributed by atoms with van der Waals surface area (Å²) in [5.41, 5.74) is 4.46. The highest BCUT2D eigenvalue weighted by Crippen LogP contribution is 2.32. The molecule has 3 rings (SSSR count). The first kappa shape index (κ1) is 18.4. The summed E-state index contributed by atoms with van der Waals surface area (Å²) < 4.78 is 5.47. The van der Waals surface area contributed by atoms with Gasteiger partial charge >= 0.3 is 5.97 Å². The SMILES string of the molecule is CCCC1CC=C(c2ccc(C(=O)Oc3ccc(CC)cc3)cc2)CC1. The van der Waals surface area contributed by atoms with E-state index in [9.17, 15) is 4.79 Å². The number of hydrogen-bond acceptors (Lipinski definition) is 2. The molecule has 2 aromatic carbocycles. The summed E-state index contributed by atoms with van der Waals surface area (Å²) in [5.74, 6) is 1.13. The Balaban J connectivity index is 1.62. The molecule has 0 saturated heterocycles. The van der Waals surface area contributed by atoms with Gasteiger partial charge < -0.3 is 4.74 Å². The van der Waals surface area contributed by atoms with E-state index in [-0.39, 0.29) is 5.97 Å². The summed E-state index contributed by atoms with van der Waals surface area (Å²) in [6.07, 6.45) is 9.55. The maximum absolute atomic E-state index is 12.3. The zero-order chi connectivity index (χ0) is 18.4. The van der Waals surface area contributed by atoms with E-state index in [2.05, 4.69) is 19.9 Å². The van der Waals surface area contributed by atoms with Crippen LogP contribution in [0.4, 0.5) is 0 Å². The van der Waals surface area contributed by atoms with Crippen LogP contribution in [0.3, 0.4) is 0 Å². The van der Waals surface area contributed by atoms with Gasteiger partial charge in [0.2, 0.25) is 0 Å². The van der Waals surface area contributed by atoms with Crippen molar-refractivity contribution in [3.05, 3.63) is 71.3 Å². The van der Waals surface area contributed by atoms with Crippen molar-refractivity contribution in [2.24, 2.45) is 5.92 Å². The van der Waals surface area contributed by atoms with E-state index in [0.717, 1.165) is 18.8 Å². The van der Waals surface area contributed by atoms with Gasteiger partial charge in [-0.2, -0.15) is 0 Å². The fourth-order valence-electron chi connectivity index (χ4n) is 3.60.